The van der Waals surface area contributed by atoms with Gasteiger partial charge in [0.25, 0.3) is 0 Å². The predicted molar refractivity (Wildman–Crippen MR) is 181 cm³/mol. The second-order valence-corrected chi connectivity index (χ2v) is 11.5. The number of fused-ring (bicyclic) bond motifs is 8. The van der Waals surface area contributed by atoms with Crippen LogP contribution in [0.1, 0.15) is 142 Å². The minimum absolute atomic E-state index is 0. The summed E-state index contributed by atoms with van der Waals surface area (Å²) in [6.07, 6.45) is 7.84. The van der Waals surface area contributed by atoms with E-state index in [1.165, 1.54) is 33.4 Å². The fourth-order valence-electron chi connectivity index (χ4n) is 7.45. The van der Waals surface area contributed by atoms with Crippen molar-refractivity contribution >= 4 is 50.6 Å². The smallest absolute Gasteiger partial charge is 0.657 e. The van der Waals surface area contributed by atoms with Crippen molar-refractivity contribution in [2.75, 3.05) is 0 Å². The van der Waals surface area contributed by atoms with Gasteiger partial charge in [0.15, 0.2) is 6.29 Å². The van der Waals surface area contributed by atoms with Gasteiger partial charge in [0.05, 0.1) is 22.8 Å². The van der Waals surface area contributed by atoms with Crippen molar-refractivity contribution in [3.63, 3.8) is 0 Å². The van der Waals surface area contributed by atoms with E-state index in [9.17, 15) is 4.79 Å². The van der Waals surface area contributed by atoms with E-state index >= 15 is 0 Å². The SMILES string of the molecule is CCC1=C(CC)c2nc1cc1[n-]c(c(C=O)c3nc(cc4[n-]c(c2C)c(CC)c4CC)C(CC)=C3CC)c(CC)c1CC.[Zn+2]. The van der Waals surface area contributed by atoms with E-state index in [1.54, 1.807) is 0 Å². The first-order valence-corrected chi connectivity index (χ1v) is 16.5. The molecule has 0 spiro atoms. The number of carbonyl (C=O) groups is 1. The van der Waals surface area contributed by atoms with Gasteiger partial charge < -0.3 is 9.97 Å². The molecule has 0 aliphatic carbocycles. The first kappa shape index (κ1) is 33.8. The zero-order valence-electron chi connectivity index (χ0n) is 28.3. The molecule has 0 N–H and O–H groups in total. The molecule has 3 aromatic rings. The maximum atomic E-state index is 13.0. The molecule has 3 aromatic heterocycles. The molecule has 2 aliphatic heterocycles. The van der Waals surface area contributed by atoms with Crippen LogP contribution in [-0.4, -0.2) is 16.3 Å². The van der Waals surface area contributed by atoms with Crippen LogP contribution in [0.4, 0.5) is 0 Å². The van der Waals surface area contributed by atoms with Crippen molar-refractivity contribution < 1.29 is 24.3 Å². The van der Waals surface area contributed by atoms with Crippen LogP contribution in [-0.2, 0) is 45.2 Å². The van der Waals surface area contributed by atoms with Crippen LogP contribution in [0, 0.1) is 6.92 Å². The quantitative estimate of drug-likeness (QED) is 0.172. The summed E-state index contributed by atoms with van der Waals surface area (Å²) in [6.45, 7) is 19.7. The number of aromatic nitrogens is 4. The number of allylic oxidation sites excluding steroid dienone is 4. The van der Waals surface area contributed by atoms with E-state index in [0.29, 0.717) is 5.56 Å². The molecule has 0 unspecified atom stereocenters. The molecule has 0 atom stereocenters. The van der Waals surface area contributed by atoms with Crippen molar-refractivity contribution in [3.8, 4) is 0 Å². The third kappa shape index (κ3) is 5.28. The predicted octanol–water partition coefficient (Wildman–Crippen LogP) is 9.40. The topological polar surface area (TPSA) is 71.1 Å². The summed E-state index contributed by atoms with van der Waals surface area (Å²) in [5, 5.41) is 0. The summed E-state index contributed by atoms with van der Waals surface area (Å²) >= 11 is 0. The van der Waals surface area contributed by atoms with Gasteiger partial charge in [0, 0.05) is 5.56 Å². The Bertz CT molecular complexity index is 1830. The molecule has 0 saturated heterocycles. The Kier molecular flexibility index (Phi) is 10.7. The maximum absolute atomic E-state index is 13.0. The summed E-state index contributed by atoms with van der Waals surface area (Å²) in [6, 6.07) is 4.34. The van der Waals surface area contributed by atoms with Crippen molar-refractivity contribution in [1.82, 2.24) is 19.9 Å². The number of rotatable bonds is 9. The molecule has 2 aliphatic rings. The average molecular weight is 640 g/mol. The van der Waals surface area contributed by atoms with Gasteiger partial charge >= 0.3 is 19.5 Å². The van der Waals surface area contributed by atoms with Gasteiger partial charge in [-0.15, -0.1) is 22.1 Å². The van der Waals surface area contributed by atoms with E-state index < -0.39 is 0 Å². The first-order chi connectivity index (χ1) is 20.8. The van der Waals surface area contributed by atoms with Crippen molar-refractivity contribution in [1.29, 1.82) is 0 Å². The zero-order chi connectivity index (χ0) is 31.0. The van der Waals surface area contributed by atoms with Gasteiger partial charge in [-0.3, -0.25) is 4.79 Å². The van der Waals surface area contributed by atoms with Crippen LogP contribution in [0.3, 0.4) is 0 Å². The summed E-state index contributed by atoms with van der Waals surface area (Å²) in [4.78, 5) is 34.1. The zero-order valence-corrected chi connectivity index (χ0v) is 31.3. The van der Waals surface area contributed by atoms with Crippen LogP contribution in [0.2, 0.25) is 0 Å². The van der Waals surface area contributed by atoms with Crippen LogP contribution in [0.5, 0.6) is 0 Å². The average Bonchev–Trinajstić information content (AvgIpc) is 3.76. The summed E-state index contributed by atoms with van der Waals surface area (Å²) < 4.78 is 0. The Labute approximate surface area is 275 Å². The van der Waals surface area contributed by atoms with Crippen LogP contribution >= 0.6 is 0 Å². The molecular formula is C38H46N4OZn. The number of carbonyl (C=O) groups excluding carboxylic acids is 1. The minimum Gasteiger partial charge on any atom is -0.657 e. The molecule has 0 amide bonds. The van der Waals surface area contributed by atoms with Gasteiger partial charge in [0.2, 0.25) is 0 Å². The fraction of sp³-hybridized carbons (Fsp3) is 0.447. The summed E-state index contributed by atoms with van der Waals surface area (Å²) in [5.74, 6) is 0. The Balaban J connectivity index is 0.00000442. The molecule has 0 fully saturated rings. The van der Waals surface area contributed by atoms with E-state index in [-0.39, 0.29) is 19.5 Å². The molecule has 8 bridgehead atoms. The van der Waals surface area contributed by atoms with Crippen molar-refractivity contribution in [2.24, 2.45) is 0 Å². The van der Waals surface area contributed by atoms with Gasteiger partial charge in [-0.1, -0.05) is 89.8 Å². The molecule has 6 heteroatoms. The maximum Gasteiger partial charge on any atom is 2.00 e. The van der Waals surface area contributed by atoms with Gasteiger partial charge in [-0.25, -0.2) is 9.97 Å². The fourth-order valence-corrected chi connectivity index (χ4v) is 7.45. The summed E-state index contributed by atoms with van der Waals surface area (Å²) in [5.41, 5.74) is 19.0. The van der Waals surface area contributed by atoms with Crippen molar-refractivity contribution in [3.05, 3.63) is 68.3 Å². The van der Waals surface area contributed by atoms with E-state index in [2.05, 4.69) is 74.4 Å². The number of hydrogen-bond donors (Lipinski definition) is 0. The molecule has 0 saturated carbocycles. The third-order valence-electron chi connectivity index (χ3n) is 9.48. The Hall–Kier alpha value is -3.11. The van der Waals surface area contributed by atoms with Crippen LogP contribution in [0.25, 0.3) is 44.4 Å². The first-order valence-electron chi connectivity index (χ1n) is 16.5. The standard InChI is InChI=1S/C38H47N4O.Zn/c1-10-22-26(14-5)35-21(9)36-27(15-6)23(11-2)32(40-36)19-34-25(13-4)29(17-8)38(42-34)30(20-43)37-28(16-7)24(12-3)33(41-37)18-31(22)39-35;/h18-20H,10-17H2,1-9H3,(H-,39,40,41,42,43);/q-1;+2/p-1. The van der Waals surface area contributed by atoms with E-state index in [1.807, 2.05) is 0 Å². The molecule has 5 nitrogen and oxygen atoms in total. The van der Waals surface area contributed by atoms with Gasteiger partial charge in [-0.05, 0) is 86.1 Å². The Morgan fingerprint density at radius 2 is 0.977 bits per heavy atom. The number of hydrogen-bond acceptors (Lipinski definition) is 3. The number of nitrogens with zero attached hydrogens (tertiary/aromatic N) is 4. The van der Waals surface area contributed by atoms with Crippen LogP contribution in [0.15, 0.2) is 12.1 Å². The van der Waals surface area contributed by atoms with E-state index in [0.717, 1.165) is 119 Å². The van der Waals surface area contributed by atoms with E-state index in [4.69, 9.17) is 19.9 Å². The molecule has 226 valence electrons. The normalized spacial score (nSPS) is 13.1. The second kappa shape index (κ2) is 13.9. The third-order valence-corrected chi connectivity index (χ3v) is 9.48. The minimum atomic E-state index is 0. The Morgan fingerprint density at radius 3 is 1.41 bits per heavy atom. The Morgan fingerprint density at radius 1 is 0.568 bits per heavy atom. The van der Waals surface area contributed by atoms with Crippen LogP contribution < -0.4 is 9.97 Å². The van der Waals surface area contributed by atoms with Gasteiger partial charge in [-0.2, -0.15) is 0 Å². The molecule has 5 heterocycles. The molecule has 0 radical (unpaired) electrons. The number of aryl methyl sites for hydroxylation is 5. The molecule has 44 heavy (non-hydrogen) atoms. The largest absolute Gasteiger partial charge is 2.00 e. The number of aldehydes is 1. The van der Waals surface area contributed by atoms with Gasteiger partial charge in [0.1, 0.15) is 0 Å². The monoisotopic (exact) mass is 638 g/mol. The molecule has 5 rings (SSSR count). The molecular weight excluding hydrogens is 594 g/mol. The van der Waals surface area contributed by atoms with Crippen molar-refractivity contribution in [2.45, 2.75) is 114 Å². The summed E-state index contributed by atoms with van der Waals surface area (Å²) in [7, 11) is 0. The molecule has 0 aromatic carbocycles. The second-order valence-electron chi connectivity index (χ2n) is 11.5.